The third-order valence-electron chi connectivity index (χ3n) is 3.64. The van der Waals surface area contributed by atoms with Crippen molar-refractivity contribution in [3.63, 3.8) is 0 Å². The summed E-state index contributed by atoms with van der Waals surface area (Å²) in [4.78, 5) is 2.15. The minimum absolute atomic E-state index is 0.417. The summed E-state index contributed by atoms with van der Waals surface area (Å²) in [5.41, 5.74) is 5.70. The number of para-hydroxylation sites is 1. The van der Waals surface area contributed by atoms with Crippen molar-refractivity contribution >= 4 is 11.4 Å². The zero-order chi connectivity index (χ0) is 14.7. The van der Waals surface area contributed by atoms with E-state index in [1.807, 2.05) is 25.1 Å². The number of nitrogens with zero attached hydrogens (tertiary/aromatic N) is 1. The van der Waals surface area contributed by atoms with E-state index in [4.69, 9.17) is 0 Å². The smallest absolute Gasteiger partial charge is 0.0807 e. The lowest BCUT2D eigenvalue weighted by Crippen LogP contribution is -2.13. The molecule has 106 valence electrons. The SMILES string of the molecule is CC[C@@H](O)c1ccccc1N(C)c1cc(C)cc(C)c1. The van der Waals surface area contributed by atoms with Gasteiger partial charge in [0.15, 0.2) is 0 Å². The van der Waals surface area contributed by atoms with Gasteiger partial charge in [-0.2, -0.15) is 0 Å². The number of benzene rings is 2. The monoisotopic (exact) mass is 269 g/mol. The third-order valence-corrected chi connectivity index (χ3v) is 3.64. The average Bonchev–Trinajstić information content (AvgIpc) is 2.44. The minimum atomic E-state index is -0.417. The number of aliphatic hydroxyl groups is 1. The van der Waals surface area contributed by atoms with E-state index in [0.717, 1.165) is 23.4 Å². The number of aryl methyl sites for hydroxylation is 2. The van der Waals surface area contributed by atoms with Gasteiger partial charge in [0.05, 0.1) is 6.10 Å². The van der Waals surface area contributed by atoms with Gasteiger partial charge >= 0.3 is 0 Å². The van der Waals surface area contributed by atoms with E-state index in [1.54, 1.807) is 0 Å². The molecule has 1 atom stereocenters. The molecule has 0 radical (unpaired) electrons. The lowest BCUT2D eigenvalue weighted by atomic mass is 10.0. The van der Waals surface area contributed by atoms with Gasteiger partial charge in [0.25, 0.3) is 0 Å². The fraction of sp³-hybridized carbons (Fsp3) is 0.333. The molecule has 0 saturated carbocycles. The summed E-state index contributed by atoms with van der Waals surface area (Å²) in [7, 11) is 2.05. The van der Waals surface area contributed by atoms with E-state index >= 15 is 0 Å². The Morgan fingerprint density at radius 2 is 1.65 bits per heavy atom. The molecule has 0 aliphatic carbocycles. The maximum absolute atomic E-state index is 10.2. The van der Waals surface area contributed by atoms with Crippen molar-refractivity contribution in [1.82, 2.24) is 0 Å². The molecule has 2 rings (SSSR count). The Morgan fingerprint density at radius 1 is 1.05 bits per heavy atom. The molecule has 0 aliphatic heterocycles. The molecule has 0 aliphatic rings. The Labute approximate surface area is 121 Å². The van der Waals surface area contributed by atoms with Crippen LogP contribution >= 0.6 is 0 Å². The molecule has 0 amide bonds. The van der Waals surface area contributed by atoms with Crippen LogP contribution in [0.25, 0.3) is 0 Å². The Hall–Kier alpha value is -1.80. The van der Waals surface area contributed by atoms with Crippen molar-refractivity contribution in [1.29, 1.82) is 0 Å². The maximum atomic E-state index is 10.2. The Bertz CT molecular complexity index is 571. The fourth-order valence-corrected chi connectivity index (χ4v) is 2.58. The molecule has 2 heteroatoms. The van der Waals surface area contributed by atoms with Crippen LogP contribution in [0.3, 0.4) is 0 Å². The van der Waals surface area contributed by atoms with Crippen LogP contribution in [0, 0.1) is 13.8 Å². The molecule has 0 heterocycles. The minimum Gasteiger partial charge on any atom is -0.388 e. The van der Waals surface area contributed by atoms with Crippen LogP contribution in [-0.2, 0) is 0 Å². The number of rotatable bonds is 4. The van der Waals surface area contributed by atoms with Crippen LogP contribution in [0.5, 0.6) is 0 Å². The van der Waals surface area contributed by atoms with Crippen molar-refractivity contribution < 1.29 is 5.11 Å². The van der Waals surface area contributed by atoms with E-state index < -0.39 is 6.10 Å². The molecule has 0 fully saturated rings. The van der Waals surface area contributed by atoms with E-state index in [0.29, 0.717) is 0 Å². The second-order valence-electron chi connectivity index (χ2n) is 5.39. The Morgan fingerprint density at radius 3 is 2.25 bits per heavy atom. The standard InChI is InChI=1S/C18H23NO/c1-5-18(20)16-8-6-7-9-17(16)19(4)15-11-13(2)10-14(3)12-15/h6-12,18,20H,5H2,1-4H3/t18-/m1/s1. The molecular formula is C18H23NO. The zero-order valence-corrected chi connectivity index (χ0v) is 12.7. The third kappa shape index (κ3) is 3.02. The van der Waals surface area contributed by atoms with Gasteiger partial charge < -0.3 is 10.0 Å². The molecule has 0 aromatic heterocycles. The Balaban J connectivity index is 2.45. The van der Waals surface area contributed by atoms with E-state index in [2.05, 4.69) is 50.1 Å². The average molecular weight is 269 g/mol. The van der Waals surface area contributed by atoms with Gasteiger partial charge in [-0.1, -0.05) is 31.2 Å². The first-order valence-corrected chi connectivity index (χ1v) is 7.12. The van der Waals surface area contributed by atoms with Crippen molar-refractivity contribution in [2.24, 2.45) is 0 Å². The summed E-state index contributed by atoms with van der Waals surface area (Å²) in [6.07, 6.45) is 0.303. The maximum Gasteiger partial charge on any atom is 0.0807 e. The van der Waals surface area contributed by atoms with Crippen LogP contribution in [-0.4, -0.2) is 12.2 Å². The molecule has 20 heavy (non-hydrogen) atoms. The van der Waals surface area contributed by atoms with Gasteiger partial charge in [0.2, 0.25) is 0 Å². The summed E-state index contributed by atoms with van der Waals surface area (Å²) in [6.45, 7) is 6.21. The molecule has 2 aromatic carbocycles. The molecule has 1 N–H and O–H groups in total. The van der Waals surface area contributed by atoms with Gasteiger partial charge in [-0.25, -0.2) is 0 Å². The summed E-state index contributed by atoms with van der Waals surface area (Å²) < 4.78 is 0. The molecule has 0 unspecified atom stereocenters. The Kier molecular flexibility index (Phi) is 4.46. The van der Waals surface area contributed by atoms with Crippen molar-refractivity contribution in [3.05, 3.63) is 59.2 Å². The number of hydrogen-bond acceptors (Lipinski definition) is 2. The first kappa shape index (κ1) is 14.6. The highest BCUT2D eigenvalue weighted by atomic mass is 16.3. The molecule has 2 aromatic rings. The summed E-state index contributed by atoms with van der Waals surface area (Å²) in [5, 5.41) is 10.2. The van der Waals surface area contributed by atoms with Crippen molar-refractivity contribution in [2.45, 2.75) is 33.3 Å². The second-order valence-corrected chi connectivity index (χ2v) is 5.39. The molecular weight excluding hydrogens is 246 g/mol. The van der Waals surface area contributed by atoms with Crippen LogP contribution < -0.4 is 4.90 Å². The van der Waals surface area contributed by atoms with Crippen LogP contribution in [0.4, 0.5) is 11.4 Å². The summed E-state index contributed by atoms with van der Waals surface area (Å²) in [6, 6.07) is 14.6. The highest BCUT2D eigenvalue weighted by molar-refractivity contribution is 5.67. The predicted molar refractivity (Wildman–Crippen MR) is 85.7 cm³/mol. The summed E-state index contributed by atoms with van der Waals surface area (Å²) in [5.74, 6) is 0. The molecule has 2 nitrogen and oxygen atoms in total. The van der Waals surface area contributed by atoms with Gasteiger partial charge in [-0.3, -0.25) is 0 Å². The molecule has 0 bridgehead atoms. The quantitative estimate of drug-likeness (QED) is 0.882. The highest BCUT2D eigenvalue weighted by Gasteiger charge is 2.14. The second kappa shape index (κ2) is 6.10. The number of aliphatic hydroxyl groups excluding tert-OH is 1. The number of anilines is 2. The number of hydrogen-bond donors (Lipinski definition) is 1. The van der Waals surface area contributed by atoms with E-state index in [1.165, 1.54) is 11.1 Å². The topological polar surface area (TPSA) is 23.5 Å². The first-order chi connectivity index (χ1) is 9.52. The van der Waals surface area contributed by atoms with Crippen LogP contribution in [0.15, 0.2) is 42.5 Å². The molecule has 0 saturated heterocycles. The van der Waals surface area contributed by atoms with Crippen LogP contribution in [0.2, 0.25) is 0 Å². The largest absolute Gasteiger partial charge is 0.388 e. The van der Waals surface area contributed by atoms with Crippen molar-refractivity contribution in [3.8, 4) is 0 Å². The van der Waals surface area contributed by atoms with Crippen molar-refractivity contribution in [2.75, 3.05) is 11.9 Å². The van der Waals surface area contributed by atoms with Gasteiger partial charge in [-0.05, 0) is 49.6 Å². The lowest BCUT2D eigenvalue weighted by Gasteiger charge is -2.25. The zero-order valence-electron chi connectivity index (χ0n) is 12.7. The fourth-order valence-electron chi connectivity index (χ4n) is 2.58. The van der Waals surface area contributed by atoms with Gasteiger partial charge in [-0.15, -0.1) is 0 Å². The van der Waals surface area contributed by atoms with Crippen LogP contribution in [0.1, 0.15) is 36.1 Å². The van der Waals surface area contributed by atoms with E-state index in [9.17, 15) is 5.11 Å². The summed E-state index contributed by atoms with van der Waals surface area (Å²) >= 11 is 0. The first-order valence-electron chi connectivity index (χ1n) is 7.12. The van der Waals surface area contributed by atoms with Gasteiger partial charge in [0.1, 0.15) is 0 Å². The van der Waals surface area contributed by atoms with Gasteiger partial charge in [0, 0.05) is 24.0 Å². The lowest BCUT2D eigenvalue weighted by molar-refractivity contribution is 0.174. The predicted octanol–water partition coefficient (Wildman–Crippen LogP) is 4.51. The molecule has 0 spiro atoms. The highest BCUT2D eigenvalue weighted by Crippen LogP contribution is 2.32. The van der Waals surface area contributed by atoms with E-state index in [-0.39, 0.29) is 0 Å². The normalized spacial score (nSPS) is 12.2.